The molecule has 3 fully saturated rings. The van der Waals surface area contributed by atoms with Gasteiger partial charge in [-0.05, 0) is 44.1 Å². The third kappa shape index (κ3) is 2.26. The average Bonchev–Trinajstić information content (AvgIpc) is 2.55. The molecular weight excluding hydrogens is 252 g/mol. The van der Waals surface area contributed by atoms with Gasteiger partial charge in [-0.15, -0.1) is 0 Å². The van der Waals surface area contributed by atoms with E-state index in [4.69, 9.17) is 4.74 Å². The molecule has 106 valence electrons. The number of fused-ring (bicyclic) bond motifs is 3. The Labute approximate surface area is 119 Å². The van der Waals surface area contributed by atoms with Crippen molar-refractivity contribution < 1.29 is 14.3 Å². The van der Waals surface area contributed by atoms with Crippen LogP contribution in [0.4, 0.5) is 0 Å². The molecule has 1 aromatic rings. The Morgan fingerprint density at radius 2 is 1.65 bits per heavy atom. The van der Waals surface area contributed by atoms with Crippen LogP contribution in [0.2, 0.25) is 0 Å². The molecule has 4 rings (SSSR count). The van der Waals surface area contributed by atoms with Crippen molar-refractivity contribution in [2.24, 2.45) is 10.8 Å². The molecular formula is C17H20O3. The first-order valence-electron chi connectivity index (χ1n) is 7.36. The Morgan fingerprint density at radius 3 is 2.20 bits per heavy atom. The Kier molecular flexibility index (Phi) is 3.36. The van der Waals surface area contributed by atoms with E-state index >= 15 is 0 Å². The number of carbonyl (C=O) groups is 2. The van der Waals surface area contributed by atoms with E-state index in [1.807, 2.05) is 30.3 Å². The van der Waals surface area contributed by atoms with Gasteiger partial charge < -0.3 is 9.53 Å². The normalized spacial score (nSPS) is 31.8. The molecule has 0 unspecified atom stereocenters. The highest BCUT2D eigenvalue weighted by Gasteiger charge is 2.53. The number of carbonyl (C=O) groups excluding carboxylic acids is 2. The van der Waals surface area contributed by atoms with Crippen LogP contribution in [0.1, 0.15) is 44.1 Å². The standard InChI is InChI=1S/C17H20O3/c18-13-16-6-9-17(10-7-16,11-8-16)15(19)20-12-14-4-2-1-3-5-14/h1-5,13H,6-12H2. The molecule has 3 heteroatoms. The fourth-order valence-corrected chi connectivity index (χ4v) is 3.57. The first-order valence-corrected chi connectivity index (χ1v) is 7.36. The van der Waals surface area contributed by atoms with Gasteiger partial charge in [-0.2, -0.15) is 0 Å². The predicted octanol–water partition coefficient (Wildman–Crippen LogP) is 3.27. The maximum absolute atomic E-state index is 12.4. The van der Waals surface area contributed by atoms with Crippen molar-refractivity contribution in [3.8, 4) is 0 Å². The summed E-state index contributed by atoms with van der Waals surface area (Å²) in [6, 6.07) is 9.77. The summed E-state index contributed by atoms with van der Waals surface area (Å²) < 4.78 is 5.53. The van der Waals surface area contributed by atoms with Gasteiger partial charge in [0.1, 0.15) is 12.9 Å². The Balaban J connectivity index is 1.62. The van der Waals surface area contributed by atoms with Gasteiger partial charge in [-0.1, -0.05) is 30.3 Å². The lowest BCUT2D eigenvalue weighted by Crippen LogP contribution is -2.47. The van der Waals surface area contributed by atoms with Gasteiger partial charge in [0.05, 0.1) is 5.41 Å². The minimum absolute atomic E-state index is 0.0689. The van der Waals surface area contributed by atoms with Gasteiger partial charge in [0.15, 0.2) is 0 Å². The van der Waals surface area contributed by atoms with Crippen LogP contribution in [-0.4, -0.2) is 12.3 Å². The van der Waals surface area contributed by atoms with Crippen molar-refractivity contribution in [2.75, 3.05) is 0 Å². The number of ether oxygens (including phenoxy) is 1. The van der Waals surface area contributed by atoms with Gasteiger partial charge in [0, 0.05) is 5.41 Å². The second-order valence-corrected chi connectivity index (χ2v) is 6.32. The highest BCUT2D eigenvalue weighted by molar-refractivity contribution is 5.78. The van der Waals surface area contributed by atoms with Gasteiger partial charge in [0.2, 0.25) is 0 Å². The maximum Gasteiger partial charge on any atom is 0.312 e. The third-order valence-electron chi connectivity index (χ3n) is 5.20. The van der Waals surface area contributed by atoms with Gasteiger partial charge >= 0.3 is 5.97 Å². The molecule has 3 aliphatic carbocycles. The quantitative estimate of drug-likeness (QED) is 0.624. The monoisotopic (exact) mass is 272 g/mol. The van der Waals surface area contributed by atoms with E-state index in [0.29, 0.717) is 6.61 Å². The predicted molar refractivity (Wildman–Crippen MR) is 74.9 cm³/mol. The largest absolute Gasteiger partial charge is 0.460 e. The molecule has 0 heterocycles. The van der Waals surface area contributed by atoms with Crippen LogP contribution in [0.3, 0.4) is 0 Å². The zero-order valence-corrected chi connectivity index (χ0v) is 11.6. The number of aldehydes is 1. The lowest BCUT2D eigenvalue weighted by atomic mass is 9.54. The average molecular weight is 272 g/mol. The zero-order chi connectivity index (χ0) is 14.1. The topological polar surface area (TPSA) is 43.4 Å². The lowest BCUT2D eigenvalue weighted by molar-refractivity contribution is -0.168. The molecule has 0 atom stereocenters. The van der Waals surface area contributed by atoms with Crippen molar-refractivity contribution in [1.82, 2.24) is 0 Å². The van der Waals surface area contributed by atoms with E-state index in [-0.39, 0.29) is 16.8 Å². The van der Waals surface area contributed by atoms with Crippen molar-refractivity contribution in [3.63, 3.8) is 0 Å². The van der Waals surface area contributed by atoms with Crippen LogP contribution in [0, 0.1) is 10.8 Å². The molecule has 0 saturated heterocycles. The van der Waals surface area contributed by atoms with E-state index in [1.54, 1.807) is 0 Å². The summed E-state index contributed by atoms with van der Waals surface area (Å²) in [4.78, 5) is 23.6. The third-order valence-corrected chi connectivity index (χ3v) is 5.20. The molecule has 0 spiro atoms. The first kappa shape index (κ1) is 13.3. The molecule has 3 nitrogen and oxygen atoms in total. The summed E-state index contributed by atoms with van der Waals surface area (Å²) >= 11 is 0. The molecule has 0 amide bonds. The van der Waals surface area contributed by atoms with Crippen LogP contribution < -0.4 is 0 Å². The molecule has 0 N–H and O–H groups in total. The first-order chi connectivity index (χ1) is 9.68. The molecule has 3 saturated carbocycles. The van der Waals surface area contributed by atoms with Crippen molar-refractivity contribution in [2.45, 2.75) is 45.1 Å². The van der Waals surface area contributed by atoms with Crippen LogP contribution >= 0.6 is 0 Å². The van der Waals surface area contributed by atoms with Gasteiger partial charge in [-0.3, -0.25) is 4.79 Å². The molecule has 0 aliphatic heterocycles. The van der Waals surface area contributed by atoms with E-state index in [0.717, 1.165) is 50.4 Å². The van der Waals surface area contributed by atoms with Gasteiger partial charge in [-0.25, -0.2) is 0 Å². The van der Waals surface area contributed by atoms with E-state index in [9.17, 15) is 9.59 Å². The van der Waals surface area contributed by atoms with Crippen LogP contribution in [0.25, 0.3) is 0 Å². The molecule has 1 aromatic carbocycles. The Hall–Kier alpha value is -1.64. The second-order valence-electron chi connectivity index (χ2n) is 6.32. The van der Waals surface area contributed by atoms with Crippen LogP contribution in [0.5, 0.6) is 0 Å². The number of hydrogen-bond acceptors (Lipinski definition) is 3. The minimum Gasteiger partial charge on any atom is -0.460 e. The summed E-state index contributed by atoms with van der Waals surface area (Å²) in [5, 5.41) is 0. The van der Waals surface area contributed by atoms with Crippen LogP contribution in [-0.2, 0) is 20.9 Å². The van der Waals surface area contributed by atoms with Crippen molar-refractivity contribution >= 4 is 12.3 Å². The summed E-state index contributed by atoms with van der Waals surface area (Å²) in [7, 11) is 0. The molecule has 20 heavy (non-hydrogen) atoms. The molecule has 3 aliphatic rings. The second kappa shape index (κ2) is 5.04. The smallest absolute Gasteiger partial charge is 0.312 e. The minimum atomic E-state index is -0.320. The highest BCUT2D eigenvalue weighted by atomic mass is 16.5. The maximum atomic E-state index is 12.4. The van der Waals surface area contributed by atoms with Crippen molar-refractivity contribution in [3.05, 3.63) is 35.9 Å². The van der Waals surface area contributed by atoms with Gasteiger partial charge in [0.25, 0.3) is 0 Å². The summed E-state index contributed by atoms with van der Waals surface area (Å²) in [5.41, 5.74) is 0.562. The molecule has 0 radical (unpaired) electrons. The zero-order valence-electron chi connectivity index (χ0n) is 11.6. The van der Waals surface area contributed by atoms with E-state index in [1.165, 1.54) is 0 Å². The van der Waals surface area contributed by atoms with Crippen LogP contribution in [0.15, 0.2) is 30.3 Å². The number of hydrogen-bond donors (Lipinski definition) is 0. The van der Waals surface area contributed by atoms with E-state index < -0.39 is 0 Å². The summed E-state index contributed by atoms with van der Waals surface area (Å²) in [5.74, 6) is -0.0689. The fourth-order valence-electron chi connectivity index (χ4n) is 3.57. The van der Waals surface area contributed by atoms with E-state index in [2.05, 4.69) is 0 Å². The Morgan fingerprint density at radius 1 is 1.05 bits per heavy atom. The Bertz CT molecular complexity index is 482. The number of benzene rings is 1. The number of rotatable bonds is 4. The number of esters is 1. The SMILES string of the molecule is O=CC12CCC(C(=O)OCc3ccccc3)(CC1)CC2. The van der Waals surface area contributed by atoms with Crippen molar-refractivity contribution in [1.29, 1.82) is 0 Å². The summed E-state index contributed by atoms with van der Waals surface area (Å²) in [6.07, 6.45) is 6.06. The highest BCUT2D eigenvalue weighted by Crippen LogP contribution is 2.56. The fraction of sp³-hybridized carbons (Fsp3) is 0.529. The molecule has 2 bridgehead atoms. The summed E-state index contributed by atoms with van der Waals surface area (Å²) in [6.45, 7) is 0.347. The molecule has 0 aromatic heterocycles. The lowest BCUT2D eigenvalue weighted by Gasteiger charge is -2.49.